The topological polar surface area (TPSA) is 29.5 Å². The molecule has 1 aromatic rings. The molecule has 0 aromatic heterocycles. The number of nitrogens with zero attached hydrogens (tertiary/aromatic N) is 1. The highest BCUT2D eigenvalue weighted by Crippen LogP contribution is 2.01. The lowest BCUT2D eigenvalue weighted by molar-refractivity contribution is -0.180. The van der Waals surface area contributed by atoms with E-state index >= 15 is 0 Å². The summed E-state index contributed by atoms with van der Waals surface area (Å²) >= 11 is 0. The van der Waals surface area contributed by atoms with E-state index in [-0.39, 0.29) is 5.91 Å². The Balaban J connectivity index is 2.39. The highest BCUT2D eigenvalue weighted by molar-refractivity contribution is 5.71. The van der Waals surface area contributed by atoms with Crippen molar-refractivity contribution in [2.24, 2.45) is 0 Å². The average molecular weight is 179 g/mol. The van der Waals surface area contributed by atoms with E-state index in [2.05, 4.69) is 0 Å². The third-order valence-corrected chi connectivity index (χ3v) is 1.71. The van der Waals surface area contributed by atoms with Crippen LogP contribution in [0.5, 0.6) is 0 Å². The fourth-order valence-electron chi connectivity index (χ4n) is 0.836. The first-order chi connectivity index (χ1) is 6.20. The van der Waals surface area contributed by atoms with Crippen LogP contribution in [0.2, 0.25) is 0 Å². The maximum absolute atomic E-state index is 10.8. The third kappa shape index (κ3) is 3.25. The van der Waals surface area contributed by atoms with Crippen molar-refractivity contribution >= 4 is 5.91 Å². The molecule has 0 unspecified atom stereocenters. The Kier molecular flexibility index (Phi) is 3.46. The summed E-state index contributed by atoms with van der Waals surface area (Å²) in [6.45, 7) is 1.89. The molecule has 0 N–H and O–H groups in total. The minimum absolute atomic E-state index is 0.101. The van der Waals surface area contributed by atoms with Crippen LogP contribution in [0.25, 0.3) is 0 Å². The molecule has 3 heteroatoms. The summed E-state index contributed by atoms with van der Waals surface area (Å²) in [5.74, 6) is -0.101. The molecule has 0 aliphatic carbocycles. The average Bonchev–Trinajstić information content (AvgIpc) is 2.15. The van der Waals surface area contributed by atoms with E-state index in [0.29, 0.717) is 6.61 Å². The molecule has 0 fully saturated rings. The molecule has 3 nitrogen and oxygen atoms in total. The van der Waals surface area contributed by atoms with E-state index in [0.717, 1.165) is 5.56 Å². The minimum Gasteiger partial charge on any atom is -0.273 e. The SMILES string of the molecule is CC(=O)N(C)OCc1ccccc1. The molecule has 13 heavy (non-hydrogen) atoms. The highest BCUT2D eigenvalue weighted by atomic mass is 16.7. The van der Waals surface area contributed by atoms with E-state index in [4.69, 9.17) is 4.84 Å². The number of benzene rings is 1. The summed E-state index contributed by atoms with van der Waals surface area (Å²) < 4.78 is 0. The fourth-order valence-corrected chi connectivity index (χ4v) is 0.836. The molecule has 0 heterocycles. The molecule has 1 amide bonds. The Morgan fingerprint density at radius 1 is 1.38 bits per heavy atom. The van der Waals surface area contributed by atoms with Crippen molar-refractivity contribution in [3.63, 3.8) is 0 Å². The highest BCUT2D eigenvalue weighted by Gasteiger charge is 2.01. The predicted octanol–water partition coefficient (Wildman–Crippen LogP) is 1.60. The molecule has 0 radical (unpaired) electrons. The Morgan fingerprint density at radius 3 is 2.54 bits per heavy atom. The second-order valence-electron chi connectivity index (χ2n) is 2.78. The van der Waals surface area contributed by atoms with Crippen LogP contribution in [0.15, 0.2) is 30.3 Å². The minimum atomic E-state index is -0.101. The summed E-state index contributed by atoms with van der Waals surface area (Å²) in [5, 5.41) is 1.23. The molecule has 1 aromatic carbocycles. The van der Waals surface area contributed by atoms with Crippen LogP contribution < -0.4 is 0 Å². The van der Waals surface area contributed by atoms with Gasteiger partial charge in [-0.3, -0.25) is 9.63 Å². The van der Waals surface area contributed by atoms with Crippen LogP contribution in [-0.4, -0.2) is 18.0 Å². The number of amides is 1. The summed E-state index contributed by atoms with van der Waals surface area (Å²) in [6, 6.07) is 9.72. The standard InChI is InChI=1S/C10H13NO2/c1-9(12)11(2)13-8-10-6-4-3-5-7-10/h3-7H,8H2,1-2H3. The molecule has 0 aliphatic rings. The van der Waals surface area contributed by atoms with Crippen molar-refractivity contribution in [2.45, 2.75) is 13.5 Å². The van der Waals surface area contributed by atoms with Gasteiger partial charge >= 0.3 is 0 Å². The van der Waals surface area contributed by atoms with E-state index in [9.17, 15) is 4.79 Å². The number of carbonyl (C=O) groups is 1. The fraction of sp³-hybridized carbons (Fsp3) is 0.300. The number of hydrogen-bond donors (Lipinski definition) is 0. The lowest BCUT2D eigenvalue weighted by Gasteiger charge is -2.14. The van der Waals surface area contributed by atoms with Crippen molar-refractivity contribution < 1.29 is 9.63 Å². The van der Waals surface area contributed by atoms with Crippen LogP contribution in [0.1, 0.15) is 12.5 Å². The molecule has 0 saturated carbocycles. The Hall–Kier alpha value is -1.35. The maximum Gasteiger partial charge on any atom is 0.242 e. The monoisotopic (exact) mass is 179 g/mol. The van der Waals surface area contributed by atoms with Crippen molar-refractivity contribution in [3.8, 4) is 0 Å². The lowest BCUT2D eigenvalue weighted by Crippen LogP contribution is -2.23. The zero-order valence-electron chi connectivity index (χ0n) is 7.86. The predicted molar refractivity (Wildman–Crippen MR) is 49.7 cm³/mol. The second kappa shape index (κ2) is 4.62. The number of rotatable bonds is 3. The van der Waals surface area contributed by atoms with Crippen LogP contribution in [0, 0.1) is 0 Å². The van der Waals surface area contributed by atoms with Crippen molar-refractivity contribution in [1.29, 1.82) is 0 Å². The molecule has 0 spiro atoms. The molecule has 1 rings (SSSR count). The first kappa shape index (κ1) is 9.74. The molecule has 0 atom stereocenters. The Labute approximate surface area is 77.9 Å². The normalized spacial score (nSPS) is 9.69. The van der Waals surface area contributed by atoms with E-state index in [1.54, 1.807) is 7.05 Å². The van der Waals surface area contributed by atoms with Gasteiger partial charge in [-0.1, -0.05) is 30.3 Å². The lowest BCUT2D eigenvalue weighted by atomic mass is 10.2. The smallest absolute Gasteiger partial charge is 0.242 e. The van der Waals surface area contributed by atoms with Crippen LogP contribution >= 0.6 is 0 Å². The van der Waals surface area contributed by atoms with Crippen LogP contribution in [-0.2, 0) is 16.2 Å². The first-order valence-electron chi connectivity index (χ1n) is 4.11. The van der Waals surface area contributed by atoms with Gasteiger partial charge in [0, 0.05) is 14.0 Å². The van der Waals surface area contributed by atoms with Gasteiger partial charge in [0.05, 0.1) is 0 Å². The van der Waals surface area contributed by atoms with Gasteiger partial charge < -0.3 is 0 Å². The first-order valence-corrected chi connectivity index (χ1v) is 4.11. The maximum atomic E-state index is 10.8. The van der Waals surface area contributed by atoms with Crippen LogP contribution in [0.4, 0.5) is 0 Å². The molecular weight excluding hydrogens is 166 g/mol. The van der Waals surface area contributed by atoms with Gasteiger partial charge in [0.25, 0.3) is 0 Å². The van der Waals surface area contributed by atoms with Gasteiger partial charge in [-0.2, -0.15) is 0 Å². The van der Waals surface area contributed by atoms with Gasteiger partial charge in [0.1, 0.15) is 6.61 Å². The van der Waals surface area contributed by atoms with Crippen molar-refractivity contribution in [1.82, 2.24) is 5.06 Å². The third-order valence-electron chi connectivity index (χ3n) is 1.71. The van der Waals surface area contributed by atoms with Gasteiger partial charge in [0.2, 0.25) is 5.91 Å². The van der Waals surface area contributed by atoms with Gasteiger partial charge in [-0.15, -0.1) is 0 Å². The summed E-state index contributed by atoms with van der Waals surface area (Å²) in [5.41, 5.74) is 1.05. The molecule has 0 saturated heterocycles. The van der Waals surface area contributed by atoms with E-state index < -0.39 is 0 Å². The quantitative estimate of drug-likeness (QED) is 0.659. The number of carbonyl (C=O) groups excluding carboxylic acids is 1. The largest absolute Gasteiger partial charge is 0.273 e. The zero-order valence-corrected chi connectivity index (χ0v) is 7.86. The van der Waals surface area contributed by atoms with Crippen LogP contribution in [0.3, 0.4) is 0 Å². The molecule has 0 bridgehead atoms. The van der Waals surface area contributed by atoms with Crippen molar-refractivity contribution in [3.05, 3.63) is 35.9 Å². The molecule has 0 aliphatic heterocycles. The Morgan fingerprint density at radius 2 is 2.00 bits per heavy atom. The Bertz CT molecular complexity index is 272. The summed E-state index contributed by atoms with van der Waals surface area (Å²) in [7, 11) is 1.60. The van der Waals surface area contributed by atoms with Gasteiger partial charge in [-0.25, -0.2) is 5.06 Å². The van der Waals surface area contributed by atoms with Gasteiger partial charge in [-0.05, 0) is 5.56 Å². The van der Waals surface area contributed by atoms with E-state index in [1.165, 1.54) is 12.0 Å². The van der Waals surface area contributed by atoms with Gasteiger partial charge in [0.15, 0.2) is 0 Å². The molecule has 70 valence electrons. The zero-order chi connectivity index (χ0) is 9.68. The summed E-state index contributed by atoms with van der Waals surface area (Å²) in [6.07, 6.45) is 0. The number of hydroxylamine groups is 2. The van der Waals surface area contributed by atoms with E-state index in [1.807, 2.05) is 30.3 Å². The van der Waals surface area contributed by atoms with Crippen molar-refractivity contribution in [2.75, 3.05) is 7.05 Å². The second-order valence-corrected chi connectivity index (χ2v) is 2.78. The number of hydrogen-bond acceptors (Lipinski definition) is 2. The summed E-state index contributed by atoms with van der Waals surface area (Å²) in [4.78, 5) is 15.9. The molecular formula is C10H13NO2.